The third-order valence-corrected chi connectivity index (χ3v) is 4.71. The van der Waals surface area contributed by atoms with Gasteiger partial charge in [0.15, 0.2) is 0 Å². The molecular formula is C17H24N2O2. The van der Waals surface area contributed by atoms with Gasteiger partial charge in [0.25, 0.3) is 0 Å². The lowest BCUT2D eigenvalue weighted by Gasteiger charge is -2.48. The number of ether oxygens (including phenoxy) is 1. The Balaban J connectivity index is 1.50. The van der Waals surface area contributed by atoms with E-state index in [1.54, 1.807) is 0 Å². The van der Waals surface area contributed by atoms with Crippen molar-refractivity contribution in [3.05, 3.63) is 29.8 Å². The topological polar surface area (TPSA) is 41.6 Å². The number of benzene rings is 1. The molecule has 1 saturated heterocycles. The maximum atomic E-state index is 12.2. The molecule has 0 radical (unpaired) electrons. The van der Waals surface area contributed by atoms with Crippen LogP contribution < -0.4 is 10.1 Å². The van der Waals surface area contributed by atoms with Crippen LogP contribution in [0.1, 0.15) is 38.2 Å². The largest absolute Gasteiger partial charge is 0.494 e. The maximum absolute atomic E-state index is 12.2. The number of nitrogens with one attached hydrogen (secondary N) is 1. The summed E-state index contributed by atoms with van der Waals surface area (Å²) in [7, 11) is 0. The van der Waals surface area contributed by atoms with Crippen molar-refractivity contribution in [1.29, 1.82) is 0 Å². The van der Waals surface area contributed by atoms with Crippen LogP contribution in [0.25, 0.3) is 0 Å². The molecule has 1 aromatic rings. The molecule has 1 saturated carbocycles. The minimum Gasteiger partial charge on any atom is -0.494 e. The number of carbonyl (C=O) groups excluding carboxylic acids is 1. The summed E-state index contributed by atoms with van der Waals surface area (Å²) in [6, 6.07) is 7.93. The van der Waals surface area contributed by atoms with Crippen molar-refractivity contribution in [2.45, 2.75) is 39.2 Å². The van der Waals surface area contributed by atoms with Crippen LogP contribution in [0.3, 0.4) is 0 Å². The van der Waals surface area contributed by atoms with Crippen molar-refractivity contribution >= 4 is 6.03 Å². The summed E-state index contributed by atoms with van der Waals surface area (Å²) in [6.07, 6.45) is 5.25. The first-order valence-corrected chi connectivity index (χ1v) is 7.96. The fourth-order valence-electron chi connectivity index (χ4n) is 3.58. The molecule has 4 heteroatoms. The zero-order valence-corrected chi connectivity index (χ0v) is 12.7. The van der Waals surface area contributed by atoms with Gasteiger partial charge >= 0.3 is 6.03 Å². The minimum atomic E-state index is 0.0545. The van der Waals surface area contributed by atoms with Crippen LogP contribution in [-0.2, 0) is 6.54 Å². The molecule has 2 aliphatic rings. The van der Waals surface area contributed by atoms with Gasteiger partial charge in [-0.15, -0.1) is 0 Å². The fraction of sp³-hybridized carbons (Fsp3) is 0.588. The maximum Gasteiger partial charge on any atom is 0.317 e. The van der Waals surface area contributed by atoms with E-state index in [0.29, 0.717) is 18.6 Å². The summed E-state index contributed by atoms with van der Waals surface area (Å²) in [4.78, 5) is 14.1. The Morgan fingerprint density at radius 1 is 1.29 bits per heavy atom. The average Bonchev–Trinajstić information content (AvgIpc) is 2.94. The molecule has 2 amide bonds. The zero-order chi connectivity index (χ0) is 14.7. The summed E-state index contributed by atoms with van der Waals surface area (Å²) >= 11 is 0. The van der Waals surface area contributed by atoms with Gasteiger partial charge in [-0.3, -0.25) is 0 Å². The Morgan fingerprint density at radius 2 is 2.00 bits per heavy atom. The number of carbonyl (C=O) groups is 1. The summed E-state index contributed by atoms with van der Waals surface area (Å²) in [5, 5.41) is 3.01. The Kier molecular flexibility index (Phi) is 4.04. The van der Waals surface area contributed by atoms with E-state index in [0.717, 1.165) is 24.4 Å². The van der Waals surface area contributed by atoms with Crippen molar-refractivity contribution < 1.29 is 9.53 Å². The molecule has 1 heterocycles. The summed E-state index contributed by atoms with van der Waals surface area (Å²) in [5.74, 6) is 0.858. The highest BCUT2D eigenvalue weighted by molar-refractivity contribution is 5.75. The standard InChI is InChI=1S/C17H24N2O2/c1-2-21-15-8-4-3-7-14(15)11-18-16(20)19-12-17(13-19)9-5-6-10-17/h3-4,7-8H,2,5-6,9-13H2,1H3,(H,18,20). The molecule has 1 aliphatic carbocycles. The number of nitrogens with zero attached hydrogens (tertiary/aromatic N) is 1. The number of para-hydroxylation sites is 1. The van der Waals surface area contributed by atoms with Crippen LogP contribution in [0.2, 0.25) is 0 Å². The Morgan fingerprint density at radius 3 is 2.71 bits per heavy atom. The molecule has 4 nitrogen and oxygen atoms in total. The van der Waals surface area contributed by atoms with E-state index >= 15 is 0 Å². The van der Waals surface area contributed by atoms with Gasteiger partial charge in [0.1, 0.15) is 5.75 Å². The van der Waals surface area contributed by atoms with E-state index in [1.165, 1.54) is 25.7 Å². The second-order valence-corrected chi connectivity index (χ2v) is 6.26. The zero-order valence-electron chi connectivity index (χ0n) is 12.7. The van der Waals surface area contributed by atoms with Crippen molar-refractivity contribution in [3.8, 4) is 5.75 Å². The molecule has 1 N–H and O–H groups in total. The molecule has 1 aliphatic heterocycles. The average molecular weight is 288 g/mol. The first kappa shape index (κ1) is 14.2. The van der Waals surface area contributed by atoms with Crippen LogP contribution >= 0.6 is 0 Å². The Labute approximate surface area is 126 Å². The first-order chi connectivity index (χ1) is 10.2. The normalized spacial score (nSPS) is 19.4. The van der Waals surface area contributed by atoms with E-state index < -0.39 is 0 Å². The van der Waals surface area contributed by atoms with Gasteiger partial charge in [0, 0.05) is 30.6 Å². The second-order valence-electron chi connectivity index (χ2n) is 6.26. The van der Waals surface area contributed by atoms with E-state index in [-0.39, 0.29) is 6.03 Å². The predicted octanol–water partition coefficient (Wildman–Crippen LogP) is 3.17. The molecule has 3 rings (SSSR count). The lowest BCUT2D eigenvalue weighted by molar-refractivity contribution is 0.0370. The number of rotatable bonds is 4. The summed E-state index contributed by atoms with van der Waals surface area (Å²) < 4.78 is 5.58. The first-order valence-electron chi connectivity index (χ1n) is 7.96. The van der Waals surface area contributed by atoms with Gasteiger partial charge in [-0.1, -0.05) is 31.0 Å². The van der Waals surface area contributed by atoms with Crippen LogP contribution in [0.5, 0.6) is 5.75 Å². The van der Waals surface area contributed by atoms with Gasteiger partial charge in [-0.25, -0.2) is 4.79 Å². The van der Waals surface area contributed by atoms with Crippen LogP contribution in [0.4, 0.5) is 4.79 Å². The highest BCUT2D eigenvalue weighted by Crippen LogP contribution is 2.45. The third-order valence-electron chi connectivity index (χ3n) is 4.71. The van der Waals surface area contributed by atoms with Crippen molar-refractivity contribution in [2.75, 3.05) is 19.7 Å². The lowest BCUT2D eigenvalue weighted by Crippen LogP contribution is -2.59. The van der Waals surface area contributed by atoms with Crippen molar-refractivity contribution in [2.24, 2.45) is 5.41 Å². The Hall–Kier alpha value is -1.71. The molecule has 0 atom stereocenters. The smallest absolute Gasteiger partial charge is 0.317 e. The number of urea groups is 1. The lowest BCUT2D eigenvalue weighted by atomic mass is 9.78. The number of likely N-dealkylation sites (tertiary alicyclic amines) is 1. The predicted molar refractivity (Wildman–Crippen MR) is 82.3 cm³/mol. The third kappa shape index (κ3) is 2.99. The van der Waals surface area contributed by atoms with E-state index in [9.17, 15) is 4.79 Å². The summed E-state index contributed by atoms with van der Waals surface area (Å²) in [5.41, 5.74) is 1.49. The SMILES string of the molecule is CCOc1ccccc1CNC(=O)N1CC2(CCCC2)C1. The molecular weight excluding hydrogens is 264 g/mol. The molecule has 2 fully saturated rings. The van der Waals surface area contributed by atoms with Gasteiger partial charge in [0.05, 0.1) is 6.61 Å². The van der Waals surface area contributed by atoms with Gasteiger partial charge in [-0.2, -0.15) is 0 Å². The number of hydrogen-bond donors (Lipinski definition) is 1. The highest BCUT2D eigenvalue weighted by Gasteiger charge is 2.46. The summed E-state index contributed by atoms with van der Waals surface area (Å²) in [6.45, 7) is 5.01. The molecule has 21 heavy (non-hydrogen) atoms. The van der Waals surface area contributed by atoms with Gasteiger partial charge in [-0.05, 0) is 25.8 Å². The van der Waals surface area contributed by atoms with Gasteiger partial charge < -0.3 is 15.0 Å². The number of hydrogen-bond acceptors (Lipinski definition) is 2. The van der Waals surface area contributed by atoms with Crippen LogP contribution in [0, 0.1) is 5.41 Å². The highest BCUT2D eigenvalue weighted by atomic mass is 16.5. The van der Waals surface area contributed by atoms with Gasteiger partial charge in [0.2, 0.25) is 0 Å². The molecule has 0 aromatic heterocycles. The van der Waals surface area contributed by atoms with E-state index in [4.69, 9.17) is 4.74 Å². The molecule has 114 valence electrons. The Bertz CT molecular complexity index is 501. The molecule has 1 spiro atoms. The monoisotopic (exact) mass is 288 g/mol. The van der Waals surface area contributed by atoms with E-state index in [2.05, 4.69) is 5.32 Å². The molecule has 0 unspecified atom stereocenters. The molecule has 1 aromatic carbocycles. The van der Waals surface area contributed by atoms with Crippen molar-refractivity contribution in [3.63, 3.8) is 0 Å². The second kappa shape index (κ2) is 5.96. The van der Waals surface area contributed by atoms with Crippen LogP contribution in [-0.4, -0.2) is 30.6 Å². The quantitative estimate of drug-likeness (QED) is 0.924. The fourth-order valence-corrected chi connectivity index (χ4v) is 3.58. The van der Waals surface area contributed by atoms with Crippen LogP contribution in [0.15, 0.2) is 24.3 Å². The minimum absolute atomic E-state index is 0.0545. The number of amides is 2. The van der Waals surface area contributed by atoms with Crippen molar-refractivity contribution in [1.82, 2.24) is 10.2 Å². The molecule has 0 bridgehead atoms. The van der Waals surface area contributed by atoms with E-state index in [1.807, 2.05) is 36.1 Å².